The summed E-state index contributed by atoms with van der Waals surface area (Å²) in [5, 5.41) is 15.8. The lowest BCUT2D eigenvalue weighted by molar-refractivity contribution is 0.0694. The van der Waals surface area contributed by atoms with Gasteiger partial charge in [0.1, 0.15) is 5.56 Å². The van der Waals surface area contributed by atoms with Crippen molar-refractivity contribution in [3.05, 3.63) is 29.4 Å². The third kappa shape index (κ3) is 1.46. The molecular formula is C7H8N2O2. The molecule has 0 aliphatic carbocycles. The fourth-order valence-corrected chi connectivity index (χ4v) is 0.769. The minimum Gasteiger partial charge on any atom is -0.478 e. The average Bonchev–Trinajstić information content (AvgIpc) is 1.94. The minimum absolute atomic E-state index is 0.0231. The lowest BCUT2D eigenvalue weighted by atomic mass is 10.3. The van der Waals surface area contributed by atoms with Gasteiger partial charge in [0.15, 0.2) is 0 Å². The second-order valence-electron chi connectivity index (χ2n) is 2.24. The van der Waals surface area contributed by atoms with Gasteiger partial charge in [0.05, 0.1) is 5.36 Å². The summed E-state index contributed by atoms with van der Waals surface area (Å²) in [4.78, 5) is 10.4. The summed E-state index contributed by atoms with van der Waals surface area (Å²) >= 11 is 0. The molecule has 0 unspecified atom stereocenters. The normalized spacial score (nSPS) is 9.55. The lowest BCUT2D eigenvalue weighted by Gasteiger charge is -1.98. The molecule has 11 heavy (non-hydrogen) atoms. The van der Waals surface area contributed by atoms with Crippen molar-refractivity contribution < 1.29 is 9.90 Å². The summed E-state index contributed by atoms with van der Waals surface area (Å²) in [6.45, 7) is 0. The molecule has 0 saturated heterocycles. The van der Waals surface area contributed by atoms with Crippen LogP contribution in [0.3, 0.4) is 0 Å². The third-order valence-electron chi connectivity index (χ3n) is 1.33. The van der Waals surface area contributed by atoms with Gasteiger partial charge in [0, 0.05) is 19.4 Å². The molecule has 1 aromatic heterocycles. The Morgan fingerprint density at radius 2 is 2.36 bits per heavy atom. The first-order chi connectivity index (χ1) is 5.11. The van der Waals surface area contributed by atoms with E-state index in [9.17, 15) is 4.79 Å². The highest BCUT2D eigenvalue weighted by molar-refractivity contribution is 5.86. The molecule has 0 aromatic carbocycles. The number of carboxylic acid groups (broad SMARTS) is 1. The van der Waals surface area contributed by atoms with Crippen LogP contribution in [-0.4, -0.2) is 15.6 Å². The van der Waals surface area contributed by atoms with E-state index in [1.54, 1.807) is 17.8 Å². The molecule has 0 atom stereocenters. The van der Waals surface area contributed by atoms with Gasteiger partial charge in [-0.15, -0.1) is 0 Å². The molecule has 2 N–H and O–H groups in total. The lowest BCUT2D eigenvalue weighted by Crippen LogP contribution is -2.15. The summed E-state index contributed by atoms with van der Waals surface area (Å²) in [6.07, 6.45) is 3.04. The van der Waals surface area contributed by atoms with Crippen molar-refractivity contribution in [1.29, 1.82) is 5.41 Å². The number of nitrogens with zero attached hydrogens (tertiary/aromatic N) is 1. The van der Waals surface area contributed by atoms with E-state index in [0.717, 1.165) is 0 Å². The third-order valence-corrected chi connectivity index (χ3v) is 1.33. The number of carbonyl (C=O) groups is 1. The second kappa shape index (κ2) is 2.57. The highest BCUT2D eigenvalue weighted by Gasteiger charge is 2.03. The maximum atomic E-state index is 10.4. The molecule has 0 bridgehead atoms. The van der Waals surface area contributed by atoms with Gasteiger partial charge >= 0.3 is 5.97 Å². The van der Waals surface area contributed by atoms with Crippen molar-refractivity contribution >= 4 is 5.97 Å². The van der Waals surface area contributed by atoms with E-state index in [4.69, 9.17) is 10.5 Å². The van der Waals surface area contributed by atoms with Crippen LogP contribution in [0.4, 0.5) is 0 Å². The van der Waals surface area contributed by atoms with Crippen LogP contribution < -0.4 is 5.36 Å². The molecule has 0 fully saturated rings. The molecule has 0 radical (unpaired) electrons. The van der Waals surface area contributed by atoms with Gasteiger partial charge in [0.2, 0.25) is 0 Å². The Bertz CT molecular complexity index is 341. The Morgan fingerprint density at radius 3 is 2.82 bits per heavy atom. The Kier molecular flexibility index (Phi) is 1.76. The number of nitrogens with one attached hydrogen (secondary N) is 1. The Balaban J connectivity index is 3.35. The molecule has 1 rings (SSSR count). The van der Waals surface area contributed by atoms with E-state index < -0.39 is 5.97 Å². The average molecular weight is 152 g/mol. The summed E-state index contributed by atoms with van der Waals surface area (Å²) in [5.74, 6) is -1.06. The van der Waals surface area contributed by atoms with Crippen LogP contribution in [0.1, 0.15) is 10.4 Å². The van der Waals surface area contributed by atoms with Crippen molar-refractivity contribution in [3.8, 4) is 0 Å². The largest absolute Gasteiger partial charge is 0.478 e. The van der Waals surface area contributed by atoms with Crippen molar-refractivity contribution in [2.75, 3.05) is 0 Å². The molecule has 0 spiro atoms. The van der Waals surface area contributed by atoms with Crippen LogP contribution in [0.2, 0.25) is 0 Å². The SMILES string of the molecule is Cn1ccc(=N)c(C(=O)O)c1. The van der Waals surface area contributed by atoms with Gasteiger partial charge < -0.3 is 9.67 Å². The summed E-state index contributed by atoms with van der Waals surface area (Å²) in [6, 6.07) is 1.45. The first-order valence-electron chi connectivity index (χ1n) is 3.05. The molecule has 0 aliphatic heterocycles. The van der Waals surface area contributed by atoms with E-state index in [0.29, 0.717) is 0 Å². The molecular weight excluding hydrogens is 144 g/mol. The Labute approximate surface area is 63.2 Å². The Morgan fingerprint density at radius 1 is 1.73 bits per heavy atom. The van der Waals surface area contributed by atoms with Gasteiger partial charge in [-0.3, -0.25) is 5.41 Å². The highest BCUT2D eigenvalue weighted by Crippen LogP contribution is 1.89. The number of hydrogen-bond donors (Lipinski definition) is 2. The predicted octanol–water partition coefficient (Wildman–Crippen LogP) is 0.203. The van der Waals surface area contributed by atoms with Gasteiger partial charge in [-0.2, -0.15) is 0 Å². The number of carboxylic acids is 1. The number of pyridine rings is 1. The van der Waals surface area contributed by atoms with Crippen LogP contribution >= 0.6 is 0 Å². The minimum atomic E-state index is -1.06. The fourth-order valence-electron chi connectivity index (χ4n) is 0.769. The topological polar surface area (TPSA) is 66.1 Å². The molecule has 0 amide bonds. The number of rotatable bonds is 1. The predicted molar refractivity (Wildman–Crippen MR) is 38.2 cm³/mol. The van der Waals surface area contributed by atoms with Gasteiger partial charge in [-0.1, -0.05) is 0 Å². The first kappa shape index (κ1) is 7.53. The standard InChI is InChI=1S/C7H8N2O2/c1-9-3-2-6(8)5(4-9)7(10)11/h2-4,8H,1H3,(H,10,11). The van der Waals surface area contributed by atoms with Crippen molar-refractivity contribution in [2.45, 2.75) is 0 Å². The van der Waals surface area contributed by atoms with Crippen LogP contribution in [0.5, 0.6) is 0 Å². The zero-order chi connectivity index (χ0) is 8.43. The van der Waals surface area contributed by atoms with Crippen LogP contribution in [0, 0.1) is 5.41 Å². The zero-order valence-corrected chi connectivity index (χ0v) is 6.03. The summed E-state index contributed by atoms with van der Waals surface area (Å²) in [7, 11) is 1.71. The molecule has 0 saturated carbocycles. The maximum absolute atomic E-state index is 10.4. The van der Waals surface area contributed by atoms with Crippen LogP contribution in [0.15, 0.2) is 18.5 Å². The van der Waals surface area contributed by atoms with E-state index >= 15 is 0 Å². The quantitative estimate of drug-likeness (QED) is 0.603. The fraction of sp³-hybridized carbons (Fsp3) is 0.143. The number of aromatic nitrogens is 1. The molecule has 1 aromatic rings. The molecule has 58 valence electrons. The van der Waals surface area contributed by atoms with Crippen LogP contribution in [-0.2, 0) is 7.05 Å². The maximum Gasteiger partial charge on any atom is 0.339 e. The summed E-state index contributed by atoms with van der Waals surface area (Å²) < 4.78 is 1.60. The molecule has 4 heteroatoms. The number of hydrogen-bond acceptors (Lipinski definition) is 2. The highest BCUT2D eigenvalue weighted by atomic mass is 16.4. The molecule has 4 nitrogen and oxygen atoms in total. The molecule has 1 heterocycles. The van der Waals surface area contributed by atoms with E-state index in [-0.39, 0.29) is 10.9 Å². The zero-order valence-electron chi connectivity index (χ0n) is 6.03. The van der Waals surface area contributed by atoms with Crippen molar-refractivity contribution in [3.63, 3.8) is 0 Å². The Hall–Kier alpha value is -1.58. The van der Waals surface area contributed by atoms with Gasteiger partial charge in [-0.25, -0.2) is 4.79 Å². The smallest absolute Gasteiger partial charge is 0.339 e. The van der Waals surface area contributed by atoms with Gasteiger partial charge in [-0.05, 0) is 6.07 Å². The van der Waals surface area contributed by atoms with E-state index in [1.165, 1.54) is 12.3 Å². The summed E-state index contributed by atoms with van der Waals surface area (Å²) in [5.41, 5.74) is 0.0231. The van der Waals surface area contributed by atoms with Crippen molar-refractivity contribution in [2.24, 2.45) is 7.05 Å². The van der Waals surface area contributed by atoms with Crippen molar-refractivity contribution in [1.82, 2.24) is 4.57 Å². The number of aryl methyl sites for hydroxylation is 1. The van der Waals surface area contributed by atoms with E-state index in [2.05, 4.69) is 0 Å². The first-order valence-corrected chi connectivity index (χ1v) is 3.05. The van der Waals surface area contributed by atoms with Gasteiger partial charge in [0.25, 0.3) is 0 Å². The second-order valence-corrected chi connectivity index (χ2v) is 2.24. The number of aromatic carboxylic acids is 1. The monoisotopic (exact) mass is 152 g/mol. The van der Waals surface area contributed by atoms with Crippen LogP contribution in [0.25, 0.3) is 0 Å². The molecule has 0 aliphatic rings. The van der Waals surface area contributed by atoms with E-state index in [1.807, 2.05) is 0 Å².